The maximum atomic E-state index is 11.4. The van der Waals surface area contributed by atoms with Gasteiger partial charge < -0.3 is 5.11 Å². The van der Waals surface area contributed by atoms with E-state index >= 15 is 0 Å². The van der Waals surface area contributed by atoms with Gasteiger partial charge in [-0.3, -0.25) is 4.89 Å². The number of benzene rings is 1. The van der Waals surface area contributed by atoms with E-state index in [2.05, 4.69) is 4.89 Å². The molecule has 0 bridgehead atoms. The van der Waals surface area contributed by atoms with Crippen LogP contribution in [0.4, 0.5) is 0 Å². The number of carbonyl (C=O) groups excluding carboxylic acids is 1. The standard InChI is InChI=1S/C11H14O4/c1-11(2,3)15-14-10(13)8-6-4-5-7-9(8)12/h4-7,12H,1-3H3. The molecule has 0 aliphatic carbocycles. The van der Waals surface area contributed by atoms with Gasteiger partial charge in [0, 0.05) is 0 Å². The minimum atomic E-state index is -0.706. The molecule has 1 aromatic rings. The van der Waals surface area contributed by atoms with Crippen molar-refractivity contribution >= 4 is 5.97 Å². The predicted molar refractivity (Wildman–Crippen MR) is 54.4 cm³/mol. The van der Waals surface area contributed by atoms with Crippen LogP contribution in [-0.2, 0) is 9.78 Å². The van der Waals surface area contributed by atoms with Gasteiger partial charge in [0.25, 0.3) is 0 Å². The van der Waals surface area contributed by atoms with E-state index < -0.39 is 11.6 Å². The molecule has 0 aliphatic rings. The fourth-order valence-corrected chi connectivity index (χ4v) is 0.854. The van der Waals surface area contributed by atoms with Crippen LogP contribution in [0.15, 0.2) is 24.3 Å². The molecule has 0 unspecified atom stereocenters. The molecule has 0 saturated heterocycles. The smallest absolute Gasteiger partial charge is 0.376 e. The van der Waals surface area contributed by atoms with E-state index in [-0.39, 0.29) is 11.3 Å². The molecule has 82 valence electrons. The molecule has 0 aliphatic heterocycles. The predicted octanol–water partition coefficient (Wildman–Crippen LogP) is 2.28. The fraction of sp³-hybridized carbons (Fsp3) is 0.364. The number of para-hydroxylation sites is 1. The number of rotatable bonds is 2. The Kier molecular flexibility index (Phi) is 3.31. The monoisotopic (exact) mass is 210 g/mol. The summed E-state index contributed by atoms with van der Waals surface area (Å²) in [5.41, 5.74) is -0.484. The third-order valence-electron chi connectivity index (χ3n) is 1.49. The molecule has 0 heterocycles. The number of hydrogen-bond acceptors (Lipinski definition) is 4. The zero-order valence-electron chi connectivity index (χ0n) is 8.98. The van der Waals surface area contributed by atoms with Crippen molar-refractivity contribution in [1.29, 1.82) is 0 Å². The topological polar surface area (TPSA) is 55.8 Å². The third-order valence-corrected chi connectivity index (χ3v) is 1.49. The first-order chi connectivity index (χ1) is 6.90. The number of hydrogen-bond donors (Lipinski definition) is 1. The number of phenols is 1. The van der Waals surface area contributed by atoms with Crippen molar-refractivity contribution in [3.05, 3.63) is 29.8 Å². The summed E-state index contributed by atoms with van der Waals surface area (Å²) in [5.74, 6) is -0.831. The molecule has 4 nitrogen and oxygen atoms in total. The van der Waals surface area contributed by atoms with Crippen LogP contribution in [0, 0.1) is 0 Å². The summed E-state index contributed by atoms with van der Waals surface area (Å²) in [7, 11) is 0. The second kappa shape index (κ2) is 4.31. The van der Waals surface area contributed by atoms with Gasteiger partial charge in [-0.05, 0) is 32.9 Å². The maximum absolute atomic E-state index is 11.4. The van der Waals surface area contributed by atoms with Crippen molar-refractivity contribution in [2.45, 2.75) is 26.4 Å². The fourth-order valence-electron chi connectivity index (χ4n) is 0.854. The van der Waals surface area contributed by atoms with Crippen LogP contribution in [-0.4, -0.2) is 16.7 Å². The molecule has 1 N–H and O–H groups in total. The first-order valence-electron chi connectivity index (χ1n) is 4.58. The van der Waals surface area contributed by atoms with E-state index in [1.807, 2.05) is 0 Å². The Morgan fingerprint density at radius 2 is 1.87 bits per heavy atom. The molecule has 1 aromatic carbocycles. The molecule has 0 saturated carbocycles. The van der Waals surface area contributed by atoms with Crippen LogP contribution in [0.3, 0.4) is 0 Å². The van der Waals surface area contributed by atoms with Gasteiger partial charge in [0.2, 0.25) is 0 Å². The molecular formula is C11H14O4. The minimum absolute atomic E-state index is 0.0850. The summed E-state index contributed by atoms with van der Waals surface area (Å²) >= 11 is 0. The second-order valence-electron chi connectivity index (χ2n) is 4.08. The van der Waals surface area contributed by atoms with Gasteiger partial charge in [0.1, 0.15) is 16.9 Å². The lowest BCUT2D eigenvalue weighted by molar-refractivity contribution is -0.301. The van der Waals surface area contributed by atoms with Gasteiger partial charge in [-0.1, -0.05) is 12.1 Å². The zero-order valence-corrected chi connectivity index (χ0v) is 8.98. The molecule has 0 spiro atoms. The van der Waals surface area contributed by atoms with Crippen molar-refractivity contribution in [3.63, 3.8) is 0 Å². The van der Waals surface area contributed by atoms with Gasteiger partial charge in [-0.15, -0.1) is 0 Å². The average molecular weight is 210 g/mol. The molecule has 0 atom stereocenters. The van der Waals surface area contributed by atoms with Crippen molar-refractivity contribution in [3.8, 4) is 5.75 Å². The average Bonchev–Trinajstić information content (AvgIpc) is 2.14. The second-order valence-corrected chi connectivity index (χ2v) is 4.08. The van der Waals surface area contributed by atoms with E-state index in [9.17, 15) is 9.90 Å². The van der Waals surface area contributed by atoms with Crippen LogP contribution in [0.1, 0.15) is 31.1 Å². The summed E-state index contributed by atoms with van der Waals surface area (Å²) in [5, 5.41) is 9.35. The SMILES string of the molecule is CC(C)(C)OOC(=O)c1ccccc1O. The number of phenolic OH excluding ortho intramolecular Hbond substituents is 1. The zero-order chi connectivity index (χ0) is 11.5. The molecule has 0 fully saturated rings. The lowest BCUT2D eigenvalue weighted by Crippen LogP contribution is -2.21. The summed E-state index contributed by atoms with van der Waals surface area (Å²) in [4.78, 5) is 20.8. The van der Waals surface area contributed by atoms with Gasteiger partial charge in [-0.2, -0.15) is 4.89 Å². The highest BCUT2D eigenvalue weighted by atomic mass is 17.2. The highest BCUT2D eigenvalue weighted by Crippen LogP contribution is 2.18. The first kappa shape index (κ1) is 11.5. The number of aromatic hydroxyl groups is 1. The normalized spacial score (nSPS) is 11.1. The number of carbonyl (C=O) groups is 1. The maximum Gasteiger partial charge on any atom is 0.376 e. The van der Waals surface area contributed by atoms with Crippen molar-refractivity contribution in [2.75, 3.05) is 0 Å². The molecule has 1 rings (SSSR count). The Balaban J connectivity index is 2.66. The Labute approximate surface area is 88.4 Å². The minimum Gasteiger partial charge on any atom is -0.507 e. The molecular weight excluding hydrogens is 196 g/mol. The Hall–Kier alpha value is -1.55. The van der Waals surface area contributed by atoms with Crippen LogP contribution in [0.2, 0.25) is 0 Å². The van der Waals surface area contributed by atoms with E-state index in [4.69, 9.17) is 4.89 Å². The van der Waals surface area contributed by atoms with Crippen LogP contribution in [0.5, 0.6) is 5.75 Å². The quantitative estimate of drug-likeness (QED) is 0.601. The van der Waals surface area contributed by atoms with Crippen molar-refractivity contribution < 1.29 is 19.7 Å². The highest BCUT2D eigenvalue weighted by Gasteiger charge is 2.18. The molecule has 4 heteroatoms. The van der Waals surface area contributed by atoms with Gasteiger partial charge in [-0.25, -0.2) is 4.79 Å². The van der Waals surface area contributed by atoms with E-state index in [0.29, 0.717) is 0 Å². The van der Waals surface area contributed by atoms with Crippen LogP contribution < -0.4 is 0 Å². The first-order valence-corrected chi connectivity index (χ1v) is 4.58. The lowest BCUT2D eigenvalue weighted by atomic mass is 10.2. The molecule has 0 amide bonds. The van der Waals surface area contributed by atoms with Crippen LogP contribution in [0.25, 0.3) is 0 Å². The summed E-state index contributed by atoms with van der Waals surface area (Å²) in [6, 6.07) is 6.13. The van der Waals surface area contributed by atoms with E-state index in [1.165, 1.54) is 12.1 Å². The van der Waals surface area contributed by atoms with Crippen LogP contribution >= 0.6 is 0 Å². The largest absolute Gasteiger partial charge is 0.507 e. The summed E-state index contributed by atoms with van der Waals surface area (Å²) in [6.07, 6.45) is 0. The van der Waals surface area contributed by atoms with E-state index in [0.717, 1.165) is 0 Å². The summed E-state index contributed by atoms with van der Waals surface area (Å²) in [6.45, 7) is 5.27. The lowest BCUT2D eigenvalue weighted by Gasteiger charge is -2.16. The van der Waals surface area contributed by atoms with Gasteiger partial charge in [0.15, 0.2) is 0 Å². The highest BCUT2D eigenvalue weighted by molar-refractivity contribution is 5.91. The molecule has 0 radical (unpaired) electrons. The van der Waals surface area contributed by atoms with Crippen molar-refractivity contribution in [2.24, 2.45) is 0 Å². The van der Waals surface area contributed by atoms with E-state index in [1.54, 1.807) is 32.9 Å². The van der Waals surface area contributed by atoms with Crippen molar-refractivity contribution in [1.82, 2.24) is 0 Å². The summed E-state index contributed by atoms with van der Waals surface area (Å²) < 4.78 is 0. The Morgan fingerprint density at radius 3 is 2.40 bits per heavy atom. The Morgan fingerprint density at radius 1 is 1.27 bits per heavy atom. The van der Waals surface area contributed by atoms with Gasteiger partial charge >= 0.3 is 5.97 Å². The third kappa shape index (κ3) is 3.59. The molecule has 0 aromatic heterocycles. The molecule has 15 heavy (non-hydrogen) atoms. The van der Waals surface area contributed by atoms with Gasteiger partial charge in [0.05, 0.1) is 0 Å². The Bertz CT molecular complexity index is 352.